The summed E-state index contributed by atoms with van der Waals surface area (Å²) in [6, 6.07) is 0. The lowest BCUT2D eigenvalue weighted by molar-refractivity contribution is -0.0127. The molecule has 4 rings (SSSR count). The Hall–Kier alpha value is -1.59. The molecule has 0 bridgehead atoms. The maximum atomic E-state index is 11.0. The fourth-order valence-electron chi connectivity index (χ4n) is 6.06. The van der Waals surface area contributed by atoms with Gasteiger partial charge >= 0.3 is 7.12 Å². The molecule has 0 spiro atoms. The smallest absolute Gasteiger partial charge is 0.531 e. The monoisotopic (exact) mass is 381 g/mol. The lowest BCUT2D eigenvalue weighted by atomic mass is 9.62. The molecule has 2 aliphatic carbocycles. The van der Waals surface area contributed by atoms with Gasteiger partial charge in [-0.3, -0.25) is 4.98 Å². The number of rotatable bonds is 2. The molecule has 0 radical (unpaired) electrons. The SMILES string of the molecule is CC[C@@H]1C[C@](C)(O)C[C@H](C)C[C@@H](C)[C@H]1C1=CB(O)Oc2cnc3c(c21)C=CC3. The molecule has 0 aromatic carbocycles. The van der Waals surface area contributed by atoms with Crippen molar-refractivity contribution >= 4 is 18.8 Å². The van der Waals surface area contributed by atoms with Crippen LogP contribution in [0.2, 0.25) is 0 Å². The highest BCUT2D eigenvalue weighted by atomic mass is 16.5. The van der Waals surface area contributed by atoms with Crippen molar-refractivity contribution in [2.75, 3.05) is 0 Å². The highest BCUT2D eigenvalue weighted by Gasteiger charge is 2.41. The molecule has 4 nitrogen and oxygen atoms in total. The minimum Gasteiger partial charge on any atom is -0.531 e. The largest absolute Gasteiger partial charge is 0.552 e. The van der Waals surface area contributed by atoms with Crippen molar-refractivity contribution in [3.63, 3.8) is 0 Å². The standard InChI is InChI=1S/C23H32BNO3/c1-5-16-11-23(4,26)10-14(2)9-15(3)21(16)18-12-24(27)28-20-13-25-19-8-6-7-17(19)22(18)20/h6-7,12-16,21,26-27H,5,8-11H2,1-4H3/t14-,15-,16-,21-,23-/m1/s1. The average Bonchev–Trinajstić information content (AvgIpc) is 3.07. The Kier molecular flexibility index (Phi) is 5.17. The summed E-state index contributed by atoms with van der Waals surface area (Å²) in [6.45, 7) is 8.80. The Morgan fingerprint density at radius 2 is 2.11 bits per heavy atom. The maximum Gasteiger partial charge on any atom is 0.552 e. The van der Waals surface area contributed by atoms with Gasteiger partial charge in [0.05, 0.1) is 17.5 Å². The van der Waals surface area contributed by atoms with Gasteiger partial charge in [-0.25, -0.2) is 0 Å². The minimum absolute atomic E-state index is 0.275. The summed E-state index contributed by atoms with van der Waals surface area (Å²) in [7, 11) is -0.944. The highest BCUT2D eigenvalue weighted by molar-refractivity contribution is 6.52. The van der Waals surface area contributed by atoms with Crippen LogP contribution in [0.3, 0.4) is 0 Å². The van der Waals surface area contributed by atoms with E-state index in [1.807, 2.05) is 12.9 Å². The van der Waals surface area contributed by atoms with E-state index in [0.29, 0.717) is 23.5 Å². The number of fused-ring (bicyclic) bond motifs is 3. The first-order valence-electron chi connectivity index (χ1n) is 10.8. The molecular formula is C23H32BNO3. The molecule has 150 valence electrons. The lowest BCUT2D eigenvalue weighted by Gasteiger charge is -2.43. The average molecular weight is 381 g/mol. The van der Waals surface area contributed by atoms with Gasteiger partial charge in [0.15, 0.2) is 0 Å². The van der Waals surface area contributed by atoms with E-state index in [0.717, 1.165) is 48.9 Å². The summed E-state index contributed by atoms with van der Waals surface area (Å²) >= 11 is 0. The highest BCUT2D eigenvalue weighted by Crippen LogP contribution is 2.50. The van der Waals surface area contributed by atoms with Crippen molar-refractivity contribution in [2.24, 2.45) is 23.7 Å². The topological polar surface area (TPSA) is 62.6 Å². The van der Waals surface area contributed by atoms with Gasteiger partial charge in [0.25, 0.3) is 0 Å². The fraction of sp³-hybridized carbons (Fsp3) is 0.609. The van der Waals surface area contributed by atoms with Crippen LogP contribution >= 0.6 is 0 Å². The van der Waals surface area contributed by atoms with Gasteiger partial charge in [0.1, 0.15) is 5.75 Å². The van der Waals surface area contributed by atoms with E-state index < -0.39 is 12.7 Å². The fourth-order valence-corrected chi connectivity index (χ4v) is 6.06. The molecule has 1 saturated carbocycles. The molecule has 2 heterocycles. The molecule has 1 aliphatic heterocycles. The van der Waals surface area contributed by atoms with Crippen molar-refractivity contribution in [3.8, 4) is 5.75 Å². The molecule has 2 N–H and O–H groups in total. The van der Waals surface area contributed by atoms with Gasteiger partial charge in [-0.1, -0.05) is 39.3 Å². The number of allylic oxidation sites excluding steroid dienone is 2. The number of nitrogens with zero attached hydrogens (tertiary/aromatic N) is 1. The summed E-state index contributed by atoms with van der Waals surface area (Å²) in [6.07, 6.45) is 10.6. The summed E-state index contributed by atoms with van der Waals surface area (Å²) in [5, 5.41) is 21.5. The van der Waals surface area contributed by atoms with Gasteiger partial charge in [-0.2, -0.15) is 0 Å². The van der Waals surface area contributed by atoms with E-state index in [2.05, 4.69) is 37.9 Å². The molecule has 1 aromatic rings. The zero-order valence-corrected chi connectivity index (χ0v) is 17.5. The van der Waals surface area contributed by atoms with Gasteiger partial charge in [0.2, 0.25) is 0 Å². The normalized spacial score (nSPS) is 34.8. The Labute approximate surface area is 168 Å². The molecule has 1 aromatic heterocycles. The third-order valence-corrected chi connectivity index (χ3v) is 6.89. The van der Waals surface area contributed by atoms with Gasteiger partial charge < -0.3 is 14.8 Å². The Balaban J connectivity index is 1.83. The minimum atomic E-state index is -0.944. The second-order valence-corrected chi connectivity index (χ2v) is 9.51. The number of aliphatic hydroxyl groups is 1. The van der Waals surface area contributed by atoms with E-state index in [1.54, 1.807) is 6.20 Å². The second kappa shape index (κ2) is 7.35. The van der Waals surface area contributed by atoms with Crippen LogP contribution in [0.4, 0.5) is 0 Å². The van der Waals surface area contributed by atoms with Crippen molar-refractivity contribution < 1.29 is 14.8 Å². The quantitative estimate of drug-likeness (QED) is 0.750. The first-order valence-corrected chi connectivity index (χ1v) is 10.8. The predicted octanol–water partition coefficient (Wildman–Crippen LogP) is 4.30. The van der Waals surface area contributed by atoms with E-state index in [9.17, 15) is 10.1 Å². The van der Waals surface area contributed by atoms with Crippen LogP contribution in [-0.2, 0) is 6.42 Å². The Morgan fingerprint density at radius 1 is 1.32 bits per heavy atom. The second-order valence-electron chi connectivity index (χ2n) is 9.51. The lowest BCUT2D eigenvalue weighted by Crippen LogP contribution is -2.39. The molecule has 0 amide bonds. The molecule has 0 saturated heterocycles. The molecule has 3 aliphatic rings. The number of aromatic nitrogens is 1. The van der Waals surface area contributed by atoms with Crippen LogP contribution in [0.25, 0.3) is 11.6 Å². The molecule has 28 heavy (non-hydrogen) atoms. The maximum absolute atomic E-state index is 11.0. The first kappa shape index (κ1) is 19.7. The number of hydrogen-bond acceptors (Lipinski definition) is 4. The van der Waals surface area contributed by atoms with Crippen molar-refractivity contribution in [3.05, 3.63) is 35.1 Å². The van der Waals surface area contributed by atoms with Crippen molar-refractivity contribution in [1.29, 1.82) is 0 Å². The van der Waals surface area contributed by atoms with Crippen molar-refractivity contribution in [2.45, 2.75) is 65.4 Å². The third kappa shape index (κ3) is 3.55. The first-order chi connectivity index (χ1) is 13.3. The van der Waals surface area contributed by atoms with Gasteiger partial charge in [0, 0.05) is 17.5 Å². The molecule has 1 fully saturated rings. The van der Waals surface area contributed by atoms with Crippen molar-refractivity contribution in [1.82, 2.24) is 4.98 Å². The van der Waals surface area contributed by atoms with Crippen LogP contribution in [-0.4, -0.2) is 27.8 Å². The Morgan fingerprint density at radius 3 is 2.86 bits per heavy atom. The molecule has 5 atom stereocenters. The van der Waals surface area contributed by atoms with Crippen LogP contribution in [0.1, 0.15) is 70.2 Å². The van der Waals surface area contributed by atoms with Crippen LogP contribution in [0.5, 0.6) is 5.75 Å². The van der Waals surface area contributed by atoms with E-state index in [-0.39, 0.29) is 5.92 Å². The van der Waals surface area contributed by atoms with Crippen LogP contribution < -0.4 is 4.65 Å². The predicted molar refractivity (Wildman–Crippen MR) is 114 cm³/mol. The van der Waals surface area contributed by atoms with Crippen LogP contribution in [0, 0.1) is 23.7 Å². The third-order valence-electron chi connectivity index (χ3n) is 6.89. The summed E-state index contributed by atoms with van der Waals surface area (Å²) < 4.78 is 5.73. The zero-order chi connectivity index (χ0) is 20.1. The summed E-state index contributed by atoms with van der Waals surface area (Å²) in [5.41, 5.74) is 3.86. The zero-order valence-electron chi connectivity index (χ0n) is 17.5. The summed E-state index contributed by atoms with van der Waals surface area (Å²) in [5.74, 6) is 4.15. The van der Waals surface area contributed by atoms with Gasteiger partial charge in [-0.05, 0) is 61.4 Å². The van der Waals surface area contributed by atoms with E-state index >= 15 is 0 Å². The molecule has 0 unspecified atom stereocenters. The molecule has 5 heteroatoms. The Bertz CT molecular complexity index is 816. The molecular weight excluding hydrogens is 349 g/mol. The van der Waals surface area contributed by atoms with Crippen LogP contribution in [0.15, 0.2) is 18.2 Å². The van der Waals surface area contributed by atoms with E-state index in [1.165, 1.54) is 5.57 Å². The van der Waals surface area contributed by atoms with Gasteiger partial charge in [-0.15, -0.1) is 0 Å². The summed E-state index contributed by atoms with van der Waals surface area (Å²) in [4.78, 5) is 4.55. The number of pyridine rings is 1. The number of hydrogen-bond donors (Lipinski definition) is 2. The van der Waals surface area contributed by atoms with E-state index in [4.69, 9.17) is 4.65 Å².